The summed E-state index contributed by atoms with van der Waals surface area (Å²) in [5, 5.41) is 3.78. The lowest BCUT2D eigenvalue weighted by Gasteiger charge is -2.35. The molecule has 1 unspecified atom stereocenters. The molecule has 236 valence electrons. The quantitative estimate of drug-likeness (QED) is 0.277. The van der Waals surface area contributed by atoms with Crippen LogP contribution < -0.4 is 9.62 Å². The van der Waals surface area contributed by atoms with Crippen molar-refractivity contribution in [3.8, 4) is 0 Å². The maximum absolute atomic E-state index is 14.5. The number of aryl methyl sites for hydroxylation is 2. The van der Waals surface area contributed by atoms with Gasteiger partial charge in [0.25, 0.3) is 0 Å². The molecular formula is C34H43ClN4O4S. The predicted octanol–water partition coefficient (Wildman–Crippen LogP) is 5.66. The number of nitrogens with one attached hydrogen (secondary N) is 1. The van der Waals surface area contributed by atoms with Crippen molar-refractivity contribution in [2.24, 2.45) is 0 Å². The molecule has 0 aromatic heterocycles. The Morgan fingerprint density at radius 2 is 1.57 bits per heavy atom. The van der Waals surface area contributed by atoms with E-state index in [1.807, 2.05) is 68.4 Å². The van der Waals surface area contributed by atoms with Gasteiger partial charge in [-0.1, -0.05) is 85.5 Å². The molecule has 1 N–H and O–H groups in total. The van der Waals surface area contributed by atoms with Crippen molar-refractivity contribution in [3.05, 3.63) is 100 Å². The Morgan fingerprint density at radius 1 is 0.909 bits per heavy atom. The van der Waals surface area contributed by atoms with Gasteiger partial charge in [-0.25, -0.2) is 4.31 Å². The highest BCUT2D eigenvalue weighted by Gasteiger charge is 2.36. The third kappa shape index (κ3) is 8.61. The molecule has 1 atom stereocenters. The Bertz CT molecular complexity index is 1520. The van der Waals surface area contributed by atoms with E-state index in [0.29, 0.717) is 16.3 Å². The van der Waals surface area contributed by atoms with Crippen molar-refractivity contribution in [1.29, 1.82) is 0 Å². The number of rotatable bonds is 12. The lowest BCUT2D eigenvalue weighted by Crippen LogP contribution is -2.55. The molecular weight excluding hydrogens is 596 g/mol. The first kappa shape index (κ1) is 33.5. The summed E-state index contributed by atoms with van der Waals surface area (Å²) in [6.07, 6.45) is 5.33. The Labute approximate surface area is 267 Å². The van der Waals surface area contributed by atoms with E-state index in [1.165, 1.54) is 19.0 Å². The smallest absolute Gasteiger partial charge is 0.304 e. The molecule has 10 heteroatoms. The van der Waals surface area contributed by atoms with Crippen LogP contribution in [0.15, 0.2) is 72.8 Å². The fourth-order valence-electron chi connectivity index (χ4n) is 5.57. The van der Waals surface area contributed by atoms with Crippen LogP contribution in [0.4, 0.5) is 5.69 Å². The second kappa shape index (κ2) is 15.1. The van der Waals surface area contributed by atoms with Gasteiger partial charge >= 0.3 is 10.2 Å². The van der Waals surface area contributed by atoms with E-state index in [1.54, 1.807) is 18.2 Å². The molecule has 0 bridgehead atoms. The molecule has 0 radical (unpaired) electrons. The van der Waals surface area contributed by atoms with Crippen LogP contribution in [0.1, 0.15) is 54.4 Å². The van der Waals surface area contributed by atoms with Crippen molar-refractivity contribution in [1.82, 2.24) is 14.5 Å². The first-order chi connectivity index (χ1) is 21.0. The summed E-state index contributed by atoms with van der Waals surface area (Å²) in [7, 11) is -1.18. The summed E-state index contributed by atoms with van der Waals surface area (Å²) in [5.41, 5.74) is 3.68. The van der Waals surface area contributed by atoms with Gasteiger partial charge in [-0.05, 0) is 67.1 Å². The zero-order valence-electron chi connectivity index (χ0n) is 26.0. The van der Waals surface area contributed by atoms with E-state index in [2.05, 4.69) is 5.32 Å². The average Bonchev–Trinajstić information content (AvgIpc) is 3.00. The highest BCUT2D eigenvalue weighted by Crippen LogP contribution is 2.27. The zero-order chi connectivity index (χ0) is 31.9. The molecule has 0 spiro atoms. The summed E-state index contributed by atoms with van der Waals surface area (Å²) < 4.78 is 29.6. The number of anilines is 1. The van der Waals surface area contributed by atoms with Gasteiger partial charge in [0, 0.05) is 38.1 Å². The minimum Gasteiger partial charge on any atom is -0.352 e. The third-order valence-corrected chi connectivity index (χ3v) is 10.2. The molecule has 4 rings (SSSR count). The van der Waals surface area contributed by atoms with Crippen molar-refractivity contribution in [3.63, 3.8) is 0 Å². The van der Waals surface area contributed by atoms with Gasteiger partial charge in [-0.15, -0.1) is 0 Å². The molecule has 1 saturated carbocycles. The van der Waals surface area contributed by atoms with Gasteiger partial charge < -0.3 is 10.2 Å². The molecule has 0 aliphatic heterocycles. The van der Waals surface area contributed by atoms with Crippen LogP contribution in [0.3, 0.4) is 0 Å². The van der Waals surface area contributed by atoms with E-state index < -0.39 is 28.7 Å². The highest BCUT2D eigenvalue weighted by molar-refractivity contribution is 7.90. The van der Waals surface area contributed by atoms with Gasteiger partial charge in [-0.2, -0.15) is 12.7 Å². The van der Waals surface area contributed by atoms with E-state index in [-0.39, 0.29) is 24.9 Å². The number of hydrogen-bond donors (Lipinski definition) is 1. The Morgan fingerprint density at radius 3 is 2.20 bits per heavy atom. The van der Waals surface area contributed by atoms with Crippen molar-refractivity contribution in [2.75, 3.05) is 24.9 Å². The lowest BCUT2D eigenvalue weighted by atomic mass is 9.94. The van der Waals surface area contributed by atoms with Crippen molar-refractivity contribution in [2.45, 2.75) is 71.0 Å². The number of amides is 2. The van der Waals surface area contributed by atoms with Gasteiger partial charge in [-0.3, -0.25) is 9.59 Å². The number of benzene rings is 3. The summed E-state index contributed by atoms with van der Waals surface area (Å²) in [6.45, 7) is 3.33. The maximum atomic E-state index is 14.5. The number of nitrogens with zero attached hydrogens (tertiary/aromatic N) is 3. The van der Waals surface area contributed by atoms with Crippen LogP contribution >= 0.6 is 11.6 Å². The molecule has 1 aliphatic carbocycles. The van der Waals surface area contributed by atoms with Crippen molar-refractivity contribution < 1.29 is 18.0 Å². The van der Waals surface area contributed by atoms with Gasteiger partial charge in [0.15, 0.2) is 0 Å². The normalized spacial score (nSPS) is 14.7. The summed E-state index contributed by atoms with van der Waals surface area (Å²) in [5.74, 6) is -0.720. The molecule has 44 heavy (non-hydrogen) atoms. The standard InChI is InChI=1S/C34H43ClN4O4S/c1-25-15-16-26(2)31(21-25)39(44(42,43)37(3)4)24-33(40)38(23-28-17-19-29(35)20-18-28)32(22-27-11-7-5-8-12-27)34(41)36-30-13-9-6-10-14-30/h5,7-8,11-12,15-21,30,32H,6,9-10,13-14,22-24H2,1-4H3,(H,36,41). The molecule has 2 amide bonds. The SMILES string of the molecule is Cc1ccc(C)c(N(CC(=O)N(Cc2ccc(Cl)cc2)C(Cc2ccccc2)C(=O)NC2CCCCC2)S(=O)(=O)N(C)C)c1. The Kier molecular flexibility index (Phi) is 11.5. The third-order valence-electron chi connectivity index (χ3n) is 8.14. The maximum Gasteiger partial charge on any atom is 0.304 e. The largest absolute Gasteiger partial charge is 0.352 e. The van der Waals surface area contributed by atoms with Crippen LogP contribution in [0.2, 0.25) is 5.02 Å². The number of hydrogen-bond acceptors (Lipinski definition) is 4. The van der Waals surface area contributed by atoms with Crippen LogP contribution in [-0.4, -0.2) is 62.2 Å². The summed E-state index contributed by atoms with van der Waals surface area (Å²) in [4.78, 5) is 30.1. The fraction of sp³-hybridized carbons (Fsp3) is 0.412. The monoisotopic (exact) mass is 638 g/mol. The summed E-state index contributed by atoms with van der Waals surface area (Å²) in [6, 6.07) is 21.4. The van der Waals surface area contributed by atoms with Crippen LogP contribution in [0.25, 0.3) is 0 Å². The van der Waals surface area contributed by atoms with Gasteiger partial charge in [0.1, 0.15) is 12.6 Å². The van der Waals surface area contributed by atoms with Crippen LogP contribution in [0.5, 0.6) is 0 Å². The Hall–Kier alpha value is -3.40. The topological polar surface area (TPSA) is 90.0 Å². The molecule has 0 saturated heterocycles. The van der Waals surface area contributed by atoms with Crippen LogP contribution in [-0.2, 0) is 32.8 Å². The van der Waals surface area contributed by atoms with E-state index >= 15 is 0 Å². The number of carbonyl (C=O) groups excluding carboxylic acids is 2. The molecule has 1 fully saturated rings. The molecule has 3 aromatic carbocycles. The number of halogens is 1. The molecule has 0 heterocycles. The van der Waals surface area contributed by atoms with Gasteiger partial charge in [0.05, 0.1) is 5.69 Å². The second-order valence-electron chi connectivity index (χ2n) is 11.8. The van der Waals surface area contributed by atoms with E-state index in [9.17, 15) is 18.0 Å². The Balaban J connectivity index is 1.77. The second-order valence-corrected chi connectivity index (χ2v) is 14.3. The lowest BCUT2D eigenvalue weighted by molar-refractivity contribution is -0.140. The highest BCUT2D eigenvalue weighted by atomic mass is 35.5. The number of carbonyl (C=O) groups is 2. The van der Waals surface area contributed by atoms with E-state index in [0.717, 1.165) is 57.4 Å². The first-order valence-corrected chi connectivity index (χ1v) is 16.9. The van der Waals surface area contributed by atoms with Crippen LogP contribution in [0, 0.1) is 13.8 Å². The fourth-order valence-corrected chi connectivity index (χ4v) is 6.81. The van der Waals surface area contributed by atoms with Crippen molar-refractivity contribution >= 4 is 39.3 Å². The van der Waals surface area contributed by atoms with Gasteiger partial charge in [0.2, 0.25) is 11.8 Å². The summed E-state index contributed by atoms with van der Waals surface area (Å²) >= 11 is 6.16. The minimum atomic E-state index is -4.06. The first-order valence-electron chi connectivity index (χ1n) is 15.1. The zero-order valence-corrected chi connectivity index (χ0v) is 27.6. The minimum absolute atomic E-state index is 0.0440. The molecule has 8 nitrogen and oxygen atoms in total. The molecule has 1 aliphatic rings. The molecule has 3 aromatic rings. The van der Waals surface area contributed by atoms with E-state index in [4.69, 9.17) is 11.6 Å². The average molecular weight is 639 g/mol. The predicted molar refractivity (Wildman–Crippen MR) is 177 cm³/mol.